The Morgan fingerprint density at radius 3 is 1.86 bits per heavy atom. The molecule has 0 amide bonds. The van der Waals surface area contributed by atoms with E-state index in [0.717, 1.165) is 0 Å². The van der Waals surface area contributed by atoms with Crippen LogP contribution in [-0.2, 0) is 0 Å². The highest BCUT2D eigenvalue weighted by molar-refractivity contribution is 5.30. The molecular formula is C13H16F5NO2. The van der Waals surface area contributed by atoms with Gasteiger partial charge in [-0.25, -0.2) is 13.2 Å². The van der Waals surface area contributed by atoms with Crippen molar-refractivity contribution < 1.29 is 31.8 Å². The van der Waals surface area contributed by atoms with Crippen LogP contribution in [0.4, 0.5) is 22.0 Å². The maximum absolute atomic E-state index is 13.4. The van der Waals surface area contributed by atoms with Crippen molar-refractivity contribution in [3.05, 3.63) is 29.1 Å². The van der Waals surface area contributed by atoms with Crippen LogP contribution in [0.15, 0.2) is 0 Å². The first-order valence-electron chi connectivity index (χ1n) is 6.14. The molecule has 0 aliphatic rings. The van der Waals surface area contributed by atoms with E-state index in [0.29, 0.717) is 0 Å². The predicted molar refractivity (Wildman–Crippen MR) is 65.5 cm³/mol. The molecule has 21 heavy (non-hydrogen) atoms. The molecule has 3 nitrogen and oxygen atoms in total. The Balaban J connectivity index is 3.04. The van der Waals surface area contributed by atoms with E-state index in [4.69, 9.17) is 4.74 Å². The molecule has 0 aliphatic carbocycles. The molecule has 0 aromatic heterocycles. The normalized spacial score (nSPS) is 15.7. The van der Waals surface area contributed by atoms with Crippen molar-refractivity contribution in [3.63, 3.8) is 0 Å². The van der Waals surface area contributed by atoms with Crippen molar-refractivity contribution in [1.29, 1.82) is 0 Å². The summed E-state index contributed by atoms with van der Waals surface area (Å²) in [5.41, 5.74) is -0.816. The van der Waals surface area contributed by atoms with Gasteiger partial charge in [0.15, 0.2) is 5.75 Å². The maximum Gasteiger partial charge on any atom is 0.206 e. The second-order valence-electron chi connectivity index (χ2n) is 5.00. The molecule has 0 spiro atoms. The number of rotatable bonds is 6. The van der Waals surface area contributed by atoms with Crippen molar-refractivity contribution in [1.82, 2.24) is 5.32 Å². The Kier molecular flexibility index (Phi) is 5.52. The van der Waals surface area contributed by atoms with Gasteiger partial charge < -0.3 is 15.2 Å². The number of benzene rings is 1. The zero-order valence-electron chi connectivity index (χ0n) is 11.7. The molecule has 1 aromatic rings. The number of hydrogen-bond donors (Lipinski definition) is 2. The van der Waals surface area contributed by atoms with Gasteiger partial charge in [-0.05, 0) is 20.9 Å². The van der Waals surface area contributed by atoms with Gasteiger partial charge in [-0.2, -0.15) is 8.78 Å². The molecule has 0 saturated heterocycles. The fourth-order valence-electron chi connectivity index (χ4n) is 1.81. The van der Waals surface area contributed by atoms with E-state index in [1.54, 1.807) is 14.0 Å². The number of halogens is 5. The van der Waals surface area contributed by atoms with Crippen molar-refractivity contribution >= 4 is 0 Å². The lowest BCUT2D eigenvalue weighted by molar-refractivity contribution is 0.107. The molecule has 1 rings (SSSR count). The highest BCUT2D eigenvalue weighted by atomic mass is 19.2. The topological polar surface area (TPSA) is 41.5 Å². The smallest absolute Gasteiger partial charge is 0.206 e. The van der Waals surface area contributed by atoms with Crippen molar-refractivity contribution in [3.8, 4) is 5.75 Å². The molecular weight excluding hydrogens is 297 g/mol. The molecule has 0 aliphatic heterocycles. The van der Waals surface area contributed by atoms with Gasteiger partial charge in [-0.3, -0.25) is 0 Å². The van der Waals surface area contributed by atoms with Gasteiger partial charge in [0.25, 0.3) is 0 Å². The van der Waals surface area contributed by atoms with Crippen LogP contribution in [0.3, 0.4) is 0 Å². The van der Waals surface area contributed by atoms with Crippen molar-refractivity contribution in [2.24, 2.45) is 0 Å². The number of ether oxygens (including phenoxy) is 1. The minimum Gasteiger partial charge on any atom is -0.484 e. The lowest BCUT2D eigenvalue weighted by Crippen LogP contribution is -2.46. The summed E-state index contributed by atoms with van der Waals surface area (Å²) in [6.45, 7) is 2.71. The van der Waals surface area contributed by atoms with Crippen LogP contribution in [0.1, 0.15) is 20.3 Å². The predicted octanol–water partition coefficient (Wildman–Crippen LogP) is 2.51. The van der Waals surface area contributed by atoms with E-state index in [1.165, 1.54) is 6.92 Å². The van der Waals surface area contributed by atoms with E-state index in [-0.39, 0.29) is 13.0 Å². The molecule has 1 aromatic carbocycles. The minimum atomic E-state index is -2.24. The highest BCUT2D eigenvalue weighted by Gasteiger charge is 2.30. The third-order valence-corrected chi connectivity index (χ3v) is 3.18. The zero-order chi connectivity index (χ0) is 16.4. The quantitative estimate of drug-likeness (QED) is 0.482. The average molecular weight is 313 g/mol. The van der Waals surface area contributed by atoms with Crippen molar-refractivity contribution in [2.75, 3.05) is 13.7 Å². The molecule has 120 valence electrons. The fourth-order valence-corrected chi connectivity index (χ4v) is 1.81. The summed E-state index contributed by atoms with van der Waals surface area (Å²) in [5, 5.41) is 12.0. The SMILES string of the molecule is CNC(C)(CO)CC(C)Oc1c(F)c(F)c(F)c(F)c1F. The molecule has 0 radical (unpaired) electrons. The van der Waals surface area contributed by atoms with Gasteiger partial charge in [0.1, 0.15) is 0 Å². The molecule has 8 heteroatoms. The van der Waals surface area contributed by atoms with Gasteiger partial charge in [-0.15, -0.1) is 0 Å². The summed E-state index contributed by atoms with van der Waals surface area (Å²) < 4.78 is 70.7. The first kappa shape index (κ1) is 17.6. The third kappa shape index (κ3) is 3.62. The Bertz CT molecular complexity index is 491. The zero-order valence-corrected chi connectivity index (χ0v) is 11.7. The number of likely N-dealkylation sites (N-methyl/N-ethyl adjacent to an activating group) is 1. The standard InChI is InChI=1S/C13H16F5NO2/c1-6(4-13(2,5-20)19-3)21-12-10(17)8(15)7(14)9(16)11(12)18/h6,19-20H,4-5H2,1-3H3. The van der Waals surface area contributed by atoms with Crippen LogP contribution in [0, 0.1) is 29.1 Å². The molecule has 2 atom stereocenters. The summed E-state index contributed by atoms with van der Waals surface area (Å²) in [4.78, 5) is 0. The van der Waals surface area contributed by atoms with Crippen LogP contribution in [0.25, 0.3) is 0 Å². The van der Waals surface area contributed by atoms with Crippen LogP contribution in [0.5, 0.6) is 5.75 Å². The summed E-state index contributed by atoms with van der Waals surface area (Å²) in [6.07, 6.45) is -0.817. The second kappa shape index (κ2) is 6.57. The van der Waals surface area contributed by atoms with Crippen LogP contribution in [0.2, 0.25) is 0 Å². The number of aliphatic hydroxyl groups excluding tert-OH is 1. The van der Waals surface area contributed by atoms with Gasteiger partial charge in [0, 0.05) is 12.0 Å². The minimum absolute atomic E-state index is 0.0828. The van der Waals surface area contributed by atoms with E-state index in [2.05, 4.69) is 5.32 Å². The molecule has 0 bridgehead atoms. The first-order valence-corrected chi connectivity index (χ1v) is 6.14. The Hall–Kier alpha value is -1.41. The summed E-state index contributed by atoms with van der Waals surface area (Å²) in [5.74, 6) is -11.7. The molecule has 0 heterocycles. The maximum atomic E-state index is 13.4. The van der Waals surface area contributed by atoms with Crippen LogP contribution >= 0.6 is 0 Å². The molecule has 2 N–H and O–H groups in total. The lowest BCUT2D eigenvalue weighted by Gasteiger charge is -2.30. The third-order valence-electron chi connectivity index (χ3n) is 3.18. The summed E-state index contributed by atoms with van der Waals surface area (Å²) in [6, 6.07) is 0. The van der Waals surface area contributed by atoms with Gasteiger partial charge in [0.2, 0.25) is 29.1 Å². The van der Waals surface area contributed by atoms with E-state index in [1.807, 2.05) is 0 Å². The first-order chi connectivity index (χ1) is 9.66. The lowest BCUT2D eigenvalue weighted by atomic mass is 9.96. The Labute approximate surface area is 118 Å². The second-order valence-corrected chi connectivity index (χ2v) is 5.00. The van der Waals surface area contributed by atoms with Gasteiger partial charge >= 0.3 is 0 Å². The monoisotopic (exact) mass is 313 g/mol. The number of hydrogen-bond acceptors (Lipinski definition) is 3. The van der Waals surface area contributed by atoms with Gasteiger partial charge in [-0.1, -0.05) is 0 Å². The van der Waals surface area contributed by atoms with E-state index < -0.39 is 46.5 Å². The van der Waals surface area contributed by atoms with E-state index in [9.17, 15) is 27.1 Å². The van der Waals surface area contributed by atoms with Crippen molar-refractivity contribution in [2.45, 2.75) is 31.9 Å². The summed E-state index contributed by atoms with van der Waals surface area (Å²) in [7, 11) is 1.56. The molecule has 0 fully saturated rings. The number of nitrogens with one attached hydrogen (secondary N) is 1. The Morgan fingerprint density at radius 1 is 1.05 bits per heavy atom. The number of aliphatic hydroxyl groups is 1. The molecule has 0 saturated carbocycles. The molecule has 2 unspecified atom stereocenters. The van der Waals surface area contributed by atoms with Gasteiger partial charge in [0.05, 0.1) is 12.7 Å². The fraction of sp³-hybridized carbons (Fsp3) is 0.538. The summed E-state index contributed by atoms with van der Waals surface area (Å²) >= 11 is 0. The average Bonchev–Trinajstić information content (AvgIpc) is 2.47. The van der Waals surface area contributed by atoms with Crippen LogP contribution < -0.4 is 10.1 Å². The largest absolute Gasteiger partial charge is 0.484 e. The van der Waals surface area contributed by atoms with E-state index >= 15 is 0 Å². The highest BCUT2D eigenvalue weighted by Crippen LogP contribution is 2.30. The van der Waals surface area contributed by atoms with Crippen LogP contribution in [-0.4, -0.2) is 30.4 Å². The Morgan fingerprint density at radius 2 is 1.48 bits per heavy atom.